The van der Waals surface area contributed by atoms with Crippen LogP contribution in [-0.4, -0.2) is 39.0 Å². The van der Waals surface area contributed by atoms with Gasteiger partial charge < -0.3 is 21.1 Å². The number of carbonyl (C=O) groups excluding carboxylic acids is 1. The molecule has 2 amide bonds. The number of halogens is 3. The van der Waals surface area contributed by atoms with E-state index in [1.807, 2.05) is 54.7 Å². The van der Waals surface area contributed by atoms with Gasteiger partial charge in [-0.3, -0.25) is 0 Å². The van der Waals surface area contributed by atoms with E-state index < -0.39 is 17.8 Å². The Labute approximate surface area is 239 Å². The third kappa shape index (κ3) is 7.05. The molecule has 0 aliphatic carbocycles. The molecule has 0 fully saturated rings. The van der Waals surface area contributed by atoms with Crippen LogP contribution in [0, 0.1) is 0 Å². The average molecular weight is 573 g/mol. The van der Waals surface area contributed by atoms with Crippen molar-refractivity contribution in [1.82, 2.24) is 20.1 Å². The second-order valence-corrected chi connectivity index (χ2v) is 9.39. The number of aromatic hydroxyl groups is 1. The molecule has 0 radical (unpaired) electrons. The first-order valence-electron chi connectivity index (χ1n) is 13.1. The first kappa shape index (κ1) is 28.2. The Morgan fingerprint density at radius 2 is 1.69 bits per heavy atom. The summed E-state index contributed by atoms with van der Waals surface area (Å²) in [6.07, 6.45) is -0.326. The van der Waals surface area contributed by atoms with E-state index >= 15 is 0 Å². The fourth-order valence-electron chi connectivity index (χ4n) is 4.31. The van der Waals surface area contributed by atoms with Crippen LogP contribution in [0.3, 0.4) is 0 Å². The van der Waals surface area contributed by atoms with Crippen LogP contribution in [0.4, 0.5) is 29.5 Å². The standard InChI is InChI=1S/C31H27F3N6O2/c32-31(33,34)23-8-5-9-24(19-23)38-30(42)37-15-6-14-35-28-18-21(13-16-36-28)27-20-40(25-10-2-1-3-11-25)39-29(27)22-7-4-12-26(41)17-22/h1-5,7-13,16-20,41H,6,14-15H2,(H,35,36)(H2,37,38,42). The van der Waals surface area contributed by atoms with Gasteiger partial charge in [0.05, 0.1) is 11.3 Å². The molecular formula is C31H27F3N6O2. The molecule has 214 valence electrons. The Morgan fingerprint density at radius 1 is 0.881 bits per heavy atom. The first-order chi connectivity index (χ1) is 20.3. The van der Waals surface area contributed by atoms with Gasteiger partial charge in [-0.15, -0.1) is 0 Å². The fraction of sp³-hybridized carbons (Fsp3) is 0.129. The van der Waals surface area contributed by atoms with Crippen LogP contribution in [0.15, 0.2) is 103 Å². The number of hydrogen-bond donors (Lipinski definition) is 4. The Hall–Kier alpha value is -5.32. The lowest BCUT2D eigenvalue weighted by Gasteiger charge is -2.11. The third-order valence-electron chi connectivity index (χ3n) is 6.32. The van der Waals surface area contributed by atoms with Crippen molar-refractivity contribution in [3.05, 3.63) is 109 Å². The Bertz CT molecular complexity index is 1670. The van der Waals surface area contributed by atoms with Crippen molar-refractivity contribution in [2.45, 2.75) is 12.6 Å². The molecule has 0 aliphatic heterocycles. The lowest BCUT2D eigenvalue weighted by molar-refractivity contribution is -0.137. The molecule has 3 aromatic carbocycles. The lowest BCUT2D eigenvalue weighted by Crippen LogP contribution is -2.30. The minimum absolute atomic E-state index is 0.0575. The second-order valence-electron chi connectivity index (χ2n) is 9.39. The van der Waals surface area contributed by atoms with Crippen molar-refractivity contribution in [1.29, 1.82) is 0 Å². The SMILES string of the molecule is O=C(NCCCNc1cc(-c2cn(-c3ccccc3)nc2-c2cccc(O)c2)ccn1)Nc1cccc(C(F)(F)F)c1. The molecule has 5 aromatic rings. The van der Waals surface area contributed by atoms with Crippen molar-refractivity contribution in [3.8, 4) is 33.8 Å². The number of nitrogens with zero attached hydrogens (tertiary/aromatic N) is 3. The lowest BCUT2D eigenvalue weighted by atomic mass is 10.0. The quantitative estimate of drug-likeness (QED) is 0.143. The molecule has 2 heterocycles. The van der Waals surface area contributed by atoms with Crippen LogP contribution in [0.5, 0.6) is 5.75 Å². The second kappa shape index (κ2) is 12.5. The van der Waals surface area contributed by atoms with E-state index in [-0.39, 0.29) is 11.4 Å². The summed E-state index contributed by atoms with van der Waals surface area (Å²) in [5.74, 6) is 0.761. The number of carbonyl (C=O) groups is 1. The normalized spacial score (nSPS) is 11.2. The maximum absolute atomic E-state index is 12.9. The number of alkyl halides is 3. The van der Waals surface area contributed by atoms with Crippen LogP contribution in [0.2, 0.25) is 0 Å². The van der Waals surface area contributed by atoms with E-state index in [2.05, 4.69) is 20.9 Å². The van der Waals surface area contributed by atoms with Gasteiger partial charge in [0, 0.05) is 42.3 Å². The number of hydrogen-bond acceptors (Lipinski definition) is 5. The van der Waals surface area contributed by atoms with Crippen molar-refractivity contribution in [2.24, 2.45) is 0 Å². The monoisotopic (exact) mass is 572 g/mol. The number of amides is 2. The first-order valence-corrected chi connectivity index (χ1v) is 13.1. The molecule has 0 bridgehead atoms. The molecule has 0 spiro atoms. The molecule has 2 aromatic heterocycles. The highest BCUT2D eigenvalue weighted by Gasteiger charge is 2.30. The zero-order chi connectivity index (χ0) is 29.5. The molecule has 0 aliphatic rings. The number of para-hydroxylation sites is 1. The highest BCUT2D eigenvalue weighted by Crippen LogP contribution is 2.34. The van der Waals surface area contributed by atoms with E-state index in [9.17, 15) is 23.1 Å². The zero-order valence-electron chi connectivity index (χ0n) is 22.3. The van der Waals surface area contributed by atoms with Crippen molar-refractivity contribution in [3.63, 3.8) is 0 Å². The predicted octanol–water partition coefficient (Wildman–Crippen LogP) is 6.95. The van der Waals surface area contributed by atoms with Crippen molar-refractivity contribution >= 4 is 17.5 Å². The van der Waals surface area contributed by atoms with Gasteiger partial charge in [-0.05, 0) is 66.6 Å². The van der Waals surface area contributed by atoms with Gasteiger partial charge in [-0.1, -0.05) is 36.4 Å². The molecule has 4 N–H and O–H groups in total. The Balaban J connectivity index is 1.22. The van der Waals surface area contributed by atoms with E-state index in [4.69, 9.17) is 5.10 Å². The summed E-state index contributed by atoms with van der Waals surface area (Å²) in [7, 11) is 0. The molecule has 11 heteroatoms. The summed E-state index contributed by atoms with van der Waals surface area (Å²) in [6.45, 7) is 0.784. The predicted molar refractivity (Wildman–Crippen MR) is 155 cm³/mol. The van der Waals surface area contributed by atoms with Crippen LogP contribution in [0.1, 0.15) is 12.0 Å². The summed E-state index contributed by atoms with van der Waals surface area (Å²) in [5.41, 5.74) is 3.29. The summed E-state index contributed by atoms with van der Waals surface area (Å²) >= 11 is 0. The molecule has 0 saturated heterocycles. The fourth-order valence-corrected chi connectivity index (χ4v) is 4.31. The maximum Gasteiger partial charge on any atom is 0.416 e. The van der Waals surface area contributed by atoms with E-state index in [0.29, 0.717) is 31.0 Å². The van der Waals surface area contributed by atoms with E-state index in [1.165, 1.54) is 12.1 Å². The summed E-state index contributed by atoms with van der Waals surface area (Å²) in [6, 6.07) is 24.3. The zero-order valence-corrected chi connectivity index (χ0v) is 22.3. The summed E-state index contributed by atoms with van der Waals surface area (Å²) in [4.78, 5) is 16.5. The van der Waals surface area contributed by atoms with Gasteiger partial charge in [0.15, 0.2) is 0 Å². The van der Waals surface area contributed by atoms with Gasteiger partial charge in [0.2, 0.25) is 0 Å². The van der Waals surface area contributed by atoms with Crippen LogP contribution in [0.25, 0.3) is 28.1 Å². The minimum atomic E-state index is -4.49. The smallest absolute Gasteiger partial charge is 0.416 e. The molecule has 8 nitrogen and oxygen atoms in total. The molecule has 0 saturated carbocycles. The molecule has 42 heavy (non-hydrogen) atoms. The average Bonchev–Trinajstić information content (AvgIpc) is 3.43. The highest BCUT2D eigenvalue weighted by molar-refractivity contribution is 5.89. The molecule has 5 rings (SSSR count). The van der Waals surface area contributed by atoms with Gasteiger partial charge in [-0.2, -0.15) is 18.3 Å². The number of aromatic nitrogens is 3. The number of phenols is 1. The third-order valence-corrected chi connectivity index (χ3v) is 6.32. The minimum Gasteiger partial charge on any atom is -0.508 e. The topological polar surface area (TPSA) is 104 Å². The maximum atomic E-state index is 12.9. The molecular weight excluding hydrogens is 545 g/mol. The van der Waals surface area contributed by atoms with Crippen LogP contribution < -0.4 is 16.0 Å². The number of urea groups is 1. The van der Waals surface area contributed by atoms with Gasteiger partial charge in [0.1, 0.15) is 17.3 Å². The molecule has 0 atom stereocenters. The number of phenolic OH excluding ortho intramolecular Hbond substituents is 1. The summed E-state index contributed by atoms with van der Waals surface area (Å²) in [5, 5.41) is 23.2. The van der Waals surface area contributed by atoms with E-state index in [1.54, 1.807) is 29.1 Å². The Kier molecular flexibility index (Phi) is 8.37. The number of anilines is 2. The number of pyridine rings is 1. The van der Waals surface area contributed by atoms with Gasteiger partial charge in [0.25, 0.3) is 0 Å². The molecule has 0 unspecified atom stereocenters. The highest BCUT2D eigenvalue weighted by atomic mass is 19.4. The van der Waals surface area contributed by atoms with Crippen molar-refractivity contribution < 1.29 is 23.1 Å². The van der Waals surface area contributed by atoms with E-state index in [0.717, 1.165) is 34.5 Å². The van der Waals surface area contributed by atoms with Gasteiger partial charge >= 0.3 is 12.2 Å². The van der Waals surface area contributed by atoms with Gasteiger partial charge in [-0.25, -0.2) is 14.5 Å². The largest absolute Gasteiger partial charge is 0.508 e. The van der Waals surface area contributed by atoms with Crippen LogP contribution in [-0.2, 0) is 6.18 Å². The van der Waals surface area contributed by atoms with Crippen LogP contribution >= 0.6 is 0 Å². The Morgan fingerprint density at radius 3 is 2.48 bits per heavy atom. The van der Waals surface area contributed by atoms with Crippen molar-refractivity contribution in [2.75, 3.05) is 23.7 Å². The number of nitrogens with one attached hydrogen (secondary N) is 3. The number of rotatable bonds is 9. The number of benzene rings is 3. The summed E-state index contributed by atoms with van der Waals surface area (Å²) < 4.78 is 40.4.